The number of nitrogens with zero attached hydrogens (tertiary/aromatic N) is 6. The third-order valence-electron chi connectivity index (χ3n) is 3.82. The summed E-state index contributed by atoms with van der Waals surface area (Å²) in [5.41, 5.74) is 5.78. The van der Waals surface area contributed by atoms with Crippen molar-refractivity contribution < 1.29 is 9.53 Å². The first-order valence-electron chi connectivity index (χ1n) is 7.77. The van der Waals surface area contributed by atoms with Crippen LogP contribution in [0, 0.1) is 0 Å². The number of hydrogen-bond acceptors (Lipinski definition) is 8. The second kappa shape index (κ2) is 7.40. The summed E-state index contributed by atoms with van der Waals surface area (Å²) in [5, 5.41) is 0. The van der Waals surface area contributed by atoms with Crippen molar-refractivity contribution >= 4 is 18.0 Å². The molecule has 2 N–H and O–H groups in total. The summed E-state index contributed by atoms with van der Waals surface area (Å²) in [6.45, 7) is 6.98. The molecule has 9 nitrogen and oxygen atoms in total. The molecular formula is C14H25N7O2. The number of anilines is 2. The fourth-order valence-corrected chi connectivity index (χ4v) is 2.45. The molecule has 1 aliphatic heterocycles. The van der Waals surface area contributed by atoms with E-state index in [9.17, 15) is 4.79 Å². The molecule has 1 saturated heterocycles. The standard InChI is InChI=1S/C14H25N7O2/c1-5-23-14(22)21-8-6-20(7-9-21)10(2)11-16-12(15)18-13(17-11)19(3)4/h10H,5-9H2,1-4H3,(H2,15,16,17,18)/t10-/m0/s1. The molecule has 0 bridgehead atoms. The Labute approximate surface area is 136 Å². The van der Waals surface area contributed by atoms with Crippen LogP contribution in [0.1, 0.15) is 25.7 Å². The number of ether oxygens (including phenoxy) is 1. The van der Waals surface area contributed by atoms with Crippen LogP contribution < -0.4 is 10.6 Å². The van der Waals surface area contributed by atoms with Gasteiger partial charge in [0.25, 0.3) is 0 Å². The molecule has 0 unspecified atom stereocenters. The van der Waals surface area contributed by atoms with Gasteiger partial charge in [-0.05, 0) is 13.8 Å². The fraction of sp³-hybridized carbons (Fsp3) is 0.714. The van der Waals surface area contributed by atoms with Crippen molar-refractivity contribution in [2.75, 3.05) is 57.5 Å². The Hall–Kier alpha value is -2.16. The zero-order chi connectivity index (χ0) is 17.0. The van der Waals surface area contributed by atoms with E-state index in [-0.39, 0.29) is 18.1 Å². The van der Waals surface area contributed by atoms with Gasteiger partial charge in [0.1, 0.15) is 0 Å². The molecule has 0 aromatic carbocycles. The Morgan fingerprint density at radius 1 is 1.26 bits per heavy atom. The van der Waals surface area contributed by atoms with Gasteiger partial charge in [-0.2, -0.15) is 15.0 Å². The highest BCUT2D eigenvalue weighted by Gasteiger charge is 2.27. The monoisotopic (exact) mass is 323 g/mol. The number of piperazine rings is 1. The smallest absolute Gasteiger partial charge is 0.409 e. The average Bonchev–Trinajstić information content (AvgIpc) is 2.54. The Morgan fingerprint density at radius 3 is 2.48 bits per heavy atom. The SMILES string of the molecule is CCOC(=O)N1CCN([C@@H](C)c2nc(N)nc(N(C)C)n2)CC1. The molecule has 0 saturated carbocycles. The lowest BCUT2D eigenvalue weighted by atomic mass is 10.2. The van der Waals surface area contributed by atoms with Gasteiger partial charge >= 0.3 is 6.09 Å². The lowest BCUT2D eigenvalue weighted by Gasteiger charge is -2.36. The Balaban J connectivity index is 2.02. The fourth-order valence-electron chi connectivity index (χ4n) is 2.45. The van der Waals surface area contributed by atoms with Crippen LogP contribution in [0.5, 0.6) is 0 Å². The summed E-state index contributed by atoms with van der Waals surface area (Å²) >= 11 is 0. The topological polar surface area (TPSA) is 101 Å². The van der Waals surface area contributed by atoms with Crippen molar-refractivity contribution in [1.29, 1.82) is 0 Å². The highest BCUT2D eigenvalue weighted by Crippen LogP contribution is 2.20. The number of amides is 1. The molecule has 23 heavy (non-hydrogen) atoms. The Morgan fingerprint density at radius 2 is 1.91 bits per heavy atom. The van der Waals surface area contributed by atoms with Crippen LogP contribution >= 0.6 is 0 Å². The molecule has 0 spiro atoms. The van der Waals surface area contributed by atoms with Crippen LogP contribution in [0.15, 0.2) is 0 Å². The van der Waals surface area contributed by atoms with Crippen molar-refractivity contribution in [3.63, 3.8) is 0 Å². The Bertz CT molecular complexity index is 544. The van der Waals surface area contributed by atoms with Crippen LogP contribution in [0.2, 0.25) is 0 Å². The Kier molecular flexibility index (Phi) is 5.54. The predicted molar refractivity (Wildman–Crippen MR) is 87.1 cm³/mol. The van der Waals surface area contributed by atoms with Crippen LogP contribution in [-0.4, -0.2) is 77.7 Å². The van der Waals surface area contributed by atoms with Crippen molar-refractivity contribution in [3.8, 4) is 0 Å². The summed E-state index contributed by atoms with van der Waals surface area (Å²) < 4.78 is 5.03. The molecule has 1 aromatic heterocycles. The van der Waals surface area contributed by atoms with Crippen molar-refractivity contribution in [1.82, 2.24) is 24.8 Å². The lowest BCUT2D eigenvalue weighted by Crippen LogP contribution is -2.49. The van der Waals surface area contributed by atoms with Crippen LogP contribution in [-0.2, 0) is 4.74 Å². The third kappa shape index (κ3) is 4.19. The van der Waals surface area contributed by atoms with Crippen LogP contribution in [0.3, 0.4) is 0 Å². The van der Waals surface area contributed by atoms with E-state index in [0.717, 1.165) is 13.1 Å². The van der Waals surface area contributed by atoms with E-state index in [1.54, 1.807) is 9.80 Å². The number of nitrogen functional groups attached to an aromatic ring is 1. The molecule has 1 aliphatic rings. The molecule has 128 valence electrons. The van der Waals surface area contributed by atoms with Crippen molar-refractivity contribution in [2.24, 2.45) is 0 Å². The first-order chi connectivity index (χ1) is 10.9. The van der Waals surface area contributed by atoms with Gasteiger partial charge in [0.15, 0.2) is 5.82 Å². The van der Waals surface area contributed by atoms with Gasteiger partial charge in [-0.25, -0.2) is 4.79 Å². The summed E-state index contributed by atoms with van der Waals surface area (Å²) in [7, 11) is 3.72. The summed E-state index contributed by atoms with van der Waals surface area (Å²) in [6.07, 6.45) is -0.251. The van der Waals surface area contributed by atoms with Crippen LogP contribution in [0.25, 0.3) is 0 Å². The quantitative estimate of drug-likeness (QED) is 0.847. The second-order valence-corrected chi connectivity index (χ2v) is 5.64. The highest BCUT2D eigenvalue weighted by atomic mass is 16.6. The first kappa shape index (κ1) is 17.2. The van der Waals surface area contributed by atoms with E-state index in [2.05, 4.69) is 19.9 Å². The van der Waals surface area contributed by atoms with Gasteiger partial charge in [0, 0.05) is 40.3 Å². The van der Waals surface area contributed by atoms with E-state index in [1.165, 1.54) is 0 Å². The summed E-state index contributed by atoms with van der Waals surface area (Å²) in [4.78, 5) is 30.3. The van der Waals surface area contributed by atoms with Gasteiger partial charge in [-0.3, -0.25) is 4.90 Å². The number of rotatable bonds is 4. The van der Waals surface area contributed by atoms with Gasteiger partial charge in [0.2, 0.25) is 11.9 Å². The van der Waals surface area contributed by atoms with E-state index >= 15 is 0 Å². The predicted octanol–water partition coefficient (Wildman–Crippen LogP) is 0.355. The number of hydrogen-bond donors (Lipinski definition) is 1. The number of carbonyl (C=O) groups excluding carboxylic acids is 1. The van der Waals surface area contributed by atoms with E-state index in [4.69, 9.17) is 10.5 Å². The lowest BCUT2D eigenvalue weighted by molar-refractivity contribution is 0.0673. The third-order valence-corrected chi connectivity index (χ3v) is 3.82. The minimum absolute atomic E-state index is 0.00310. The van der Waals surface area contributed by atoms with Crippen molar-refractivity contribution in [2.45, 2.75) is 19.9 Å². The normalized spacial score (nSPS) is 17.0. The molecule has 0 radical (unpaired) electrons. The van der Waals surface area contributed by atoms with Gasteiger partial charge in [-0.15, -0.1) is 0 Å². The van der Waals surface area contributed by atoms with E-state index in [0.29, 0.717) is 31.5 Å². The van der Waals surface area contributed by atoms with E-state index < -0.39 is 0 Å². The molecule has 2 heterocycles. The van der Waals surface area contributed by atoms with Gasteiger partial charge < -0.3 is 20.3 Å². The molecule has 9 heteroatoms. The maximum Gasteiger partial charge on any atom is 0.409 e. The molecular weight excluding hydrogens is 298 g/mol. The van der Waals surface area contributed by atoms with Crippen LogP contribution in [0.4, 0.5) is 16.7 Å². The summed E-state index contributed by atoms with van der Waals surface area (Å²) in [5.74, 6) is 1.41. The van der Waals surface area contributed by atoms with E-state index in [1.807, 2.05) is 27.9 Å². The molecule has 1 atom stereocenters. The minimum Gasteiger partial charge on any atom is -0.450 e. The molecule has 0 aliphatic carbocycles. The summed E-state index contributed by atoms with van der Waals surface area (Å²) in [6, 6.07) is 0.00310. The molecule has 1 aromatic rings. The van der Waals surface area contributed by atoms with Gasteiger partial charge in [-0.1, -0.05) is 0 Å². The highest BCUT2D eigenvalue weighted by molar-refractivity contribution is 5.67. The average molecular weight is 323 g/mol. The molecule has 1 fully saturated rings. The van der Waals surface area contributed by atoms with Gasteiger partial charge in [0.05, 0.1) is 12.6 Å². The number of aromatic nitrogens is 3. The maximum atomic E-state index is 11.7. The van der Waals surface area contributed by atoms with Crippen molar-refractivity contribution in [3.05, 3.63) is 5.82 Å². The maximum absolute atomic E-state index is 11.7. The first-order valence-corrected chi connectivity index (χ1v) is 7.77. The zero-order valence-corrected chi connectivity index (χ0v) is 14.2. The zero-order valence-electron chi connectivity index (χ0n) is 14.2. The largest absolute Gasteiger partial charge is 0.450 e. The molecule has 2 rings (SSSR count). The second-order valence-electron chi connectivity index (χ2n) is 5.64. The number of carbonyl (C=O) groups is 1. The number of nitrogens with two attached hydrogens (primary N) is 1. The molecule has 1 amide bonds. The minimum atomic E-state index is -0.251.